The van der Waals surface area contributed by atoms with Crippen LogP contribution in [0.2, 0.25) is 0 Å². The lowest BCUT2D eigenvalue weighted by Crippen LogP contribution is -2.47. The van der Waals surface area contributed by atoms with Crippen LogP contribution in [0.25, 0.3) is 0 Å². The van der Waals surface area contributed by atoms with E-state index in [0.29, 0.717) is 0 Å². The van der Waals surface area contributed by atoms with Crippen molar-refractivity contribution in [3.05, 3.63) is 0 Å². The first kappa shape index (κ1) is 12.3. The highest BCUT2D eigenvalue weighted by Gasteiger charge is 2.42. The highest BCUT2D eigenvalue weighted by Crippen LogP contribution is 2.49. The van der Waals surface area contributed by atoms with Crippen molar-refractivity contribution in [1.29, 1.82) is 0 Å². The van der Waals surface area contributed by atoms with Crippen molar-refractivity contribution in [1.82, 2.24) is 5.32 Å². The first-order chi connectivity index (χ1) is 8.24. The van der Waals surface area contributed by atoms with Crippen molar-refractivity contribution < 1.29 is 0 Å². The van der Waals surface area contributed by atoms with Gasteiger partial charge in [0.05, 0.1) is 0 Å². The molecule has 1 nitrogen and oxygen atoms in total. The molecule has 0 amide bonds. The smallest absolute Gasteiger partial charge is 0.0186 e. The van der Waals surface area contributed by atoms with Gasteiger partial charge in [0.25, 0.3) is 0 Å². The van der Waals surface area contributed by atoms with Gasteiger partial charge in [-0.15, -0.1) is 0 Å². The van der Waals surface area contributed by atoms with E-state index in [1.165, 1.54) is 37.9 Å². The largest absolute Gasteiger partial charge is 0.310 e. The highest BCUT2D eigenvalue weighted by molar-refractivity contribution is 7.99. The van der Waals surface area contributed by atoms with Gasteiger partial charge in [-0.05, 0) is 62.5 Å². The molecule has 0 spiro atoms. The molecule has 1 saturated heterocycles. The Morgan fingerprint density at radius 1 is 1.18 bits per heavy atom. The van der Waals surface area contributed by atoms with Crippen LogP contribution in [0.1, 0.15) is 52.4 Å². The van der Waals surface area contributed by atoms with Crippen LogP contribution >= 0.6 is 11.8 Å². The fraction of sp³-hybridized carbons (Fsp3) is 1.00. The normalized spacial score (nSPS) is 47.3. The van der Waals surface area contributed by atoms with Gasteiger partial charge in [0.1, 0.15) is 0 Å². The molecule has 1 aliphatic heterocycles. The summed E-state index contributed by atoms with van der Waals surface area (Å²) >= 11 is 2.16. The fourth-order valence-corrected chi connectivity index (χ4v) is 5.66. The molecule has 0 radical (unpaired) electrons. The average Bonchev–Trinajstić information content (AvgIpc) is 2.94. The summed E-state index contributed by atoms with van der Waals surface area (Å²) in [5.41, 5.74) is 0. The number of thioether (sulfide) groups is 1. The molecule has 0 aromatic carbocycles. The van der Waals surface area contributed by atoms with E-state index < -0.39 is 0 Å². The van der Waals surface area contributed by atoms with Gasteiger partial charge in [-0.1, -0.05) is 13.3 Å². The molecule has 1 N–H and O–H groups in total. The zero-order valence-electron chi connectivity index (χ0n) is 11.3. The molecule has 3 fully saturated rings. The molecule has 2 heteroatoms. The highest BCUT2D eigenvalue weighted by atomic mass is 32.2. The van der Waals surface area contributed by atoms with Gasteiger partial charge >= 0.3 is 0 Å². The summed E-state index contributed by atoms with van der Waals surface area (Å²) in [5, 5.41) is 4.80. The Kier molecular flexibility index (Phi) is 3.72. The molecule has 98 valence electrons. The second-order valence-electron chi connectivity index (χ2n) is 6.62. The van der Waals surface area contributed by atoms with Crippen LogP contribution in [0.3, 0.4) is 0 Å². The van der Waals surface area contributed by atoms with Crippen molar-refractivity contribution in [2.45, 2.75) is 69.7 Å². The van der Waals surface area contributed by atoms with Crippen LogP contribution in [-0.2, 0) is 0 Å². The third kappa shape index (κ3) is 2.53. The van der Waals surface area contributed by atoms with Gasteiger partial charge in [-0.3, -0.25) is 0 Å². The Balaban J connectivity index is 1.54. The molecule has 17 heavy (non-hydrogen) atoms. The molecule has 3 aliphatic rings. The van der Waals surface area contributed by atoms with Crippen LogP contribution in [-0.4, -0.2) is 23.1 Å². The molecule has 1 heterocycles. The Morgan fingerprint density at radius 2 is 2.06 bits per heavy atom. The maximum Gasteiger partial charge on any atom is 0.0186 e. The predicted molar refractivity (Wildman–Crippen MR) is 76.5 cm³/mol. The van der Waals surface area contributed by atoms with Crippen molar-refractivity contribution in [3.8, 4) is 0 Å². The topological polar surface area (TPSA) is 12.0 Å². The Morgan fingerprint density at radius 3 is 2.71 bits per heavy atom. The number of hydrogen-bond donors (Lipinski definition) is 1. The van der Waals surface area contributed by atoms with Crippen molar-refractivity contribution in [2.75, 3.05) is 5.75 Å². The van der Waals surface area contributed by atoms with Crippen LogP contribution < -0.4 is 5.32 Å². The lowest BCUT2D eigenvalue weighted by Gasteiger charge is -2.36. The second kappa shape index (κ2) is 5.13. The summed E-state index contributed by atoms with van der Waals surface area (Å²) in [7, 11) is 0. The summed E-state index contributed by atoms with van der Waals surface area (Å²) in [6, 6.07) is 1.54. The van der Waals surface area contributed by atoms with Gasteiger partial charge in [0.15, 0.2) is 0 Å². The zero-order valence-corrected chi connectivity index (χ0v) is 12.1. The van der Waals surface area contributed by atoms with Gasteiger partial charge < -0.3 is 5.32 Å². The summed E-state index contributed by atoms with van der Waals surface area (Å²) in [6.45, 7) is 4.87. The van der Waals surface area contributed by atoms with Crippen molar-refractivity contribution in [2.24, 2.45) is 17.8 Å². The summed E-state index contributed by atoms with van der Waals surface area (Å²) in [5.74, 6) is 4.52. The standard InChI is InChI=1S/C15H27NS/c1-10(14-9-12-5-6-13(14)8-12)16-15-4-3-7-17-11(15)2/h10-16H,3-9H2,1-2H3. The van der Waals surface area contributed by atoms with Gasteiger partial charge in [0, 0.05) is 17.3 Å². The minimum Gasteiger partial charge on any atom is -0.310 e. The lowest BCUT2D eigenvalue weighted by atomic mass is 9.83. The van der Waals surface area contributed by atoms with E-state index in [4.69, 9.17) is 0 Å². The number of nitrogens with one attached hydrogen (secondary N) is 1. The molecule has 2 bridgehead atoms. The van der Waals surface area contributed by atoms with Gasteiger partial charge in [-0.2, -0.15) is 11.8 Å². The Labute approximate surface area is 111 Å². The van der Waals surface area contributed by atoms with Crippen LogP contribution in [0.5, 0.6) is 0 Å². The number of rotatable bonds is 3. The quantitative estimate of drug-likeness (QED) is 0.823. The van der Waals surface area contributed by atoms with Crippen molar-refractivity contribution in [3.63, 3.8) is 0 Å². The summed E-state index contributed by atoms with van der Waals surface area (Å²) in [4.78, 5) is 0. The lowest BCUT2D eigenvalue weighted by molar-refractivity contribution is 0.239. The number of fused-ring (bicyclic) bond motifs is 2. The molecule has 0 aromatic rings. The molecule has 2 aliphatic carbocycles. The van der Waals surface area contributed by atoms with Gasteiger partial charge in [0.2, 0.25) is 0 Å². The third-order valence-electron chi connectivity index (χ3n) is 5.52. The minimum atomic E-state index is 0.761. The molecule has 2 saturated carbocycles. The molecule has 6 atom stereocenters. The first-order valence-corrected chi connectivity index (χ1v) is 8.66. The van der Waals surface area contributed by atoms with E-state index >= 15 is 0 Å². The number of hydrogen-bond acceptors (Lipinski definition) is 2. The fourth-order valence-electron chi connectivity index (χ4n) is 4.51. The summed E-state index contributed by atoms with van der Waals surface area (Å²) < 4.78 is 0. The van der Waals surface area contributed by atoms with Crippen LogP contribution in [0, 0.1) is 17.8 Å². The van der Waals surface area contributed by atoms with Gasteiger partial charge in [-0.25, -0.2) is 0 Å². The van der Waals surface area contributed by atoms with E-state index in [0.717, 1.165) is 35.1 Å². The second-order valence-corrected chi connectivity index (χ2v) is 8.10. The van der Waals surface area contributed by atoms with E-state index in [1.807, 2.05) is 0 Å². The summed E-state index contributed by atoms with van der Waals surface area (Å²) in [6.07, 6.45) is 8.94. The van der Waals surface area contributed by atoms with Crippen molar-refractivity contribution >= 4 is 11.8 Å². The van der Waals surface area contributed by atoms with E-state index in [2.05, 4.69) is 30.9 Å². The Hall–Kier alpha value is 0.310. The first-order valence-electron chi connectivity index (χ1n) is 7.61. The molecule has 0 aromatic heterocycles. The molecule has 3 rings (SSSR count). The SMILES string of the molecule is CC(NC1CCCSC1C)C1CC2CCC1C2. The zero-order chi connectivity index (χ0) is 11.8. The van der Waals surface area contributed by atoms with E-state index in [-0.39, 0.29) is 0 Å². The van der Waals surface area contributed by atoms with E-state index in [1.54, 1.807) is 6.42 Å². The monoisotopic (exact) mass is 253 g/mol. The predicted octanol–water partition coefficient (Wildman–Crippen LogP) is 3.68. The maximum atomic E-state index is 3.97. The molecular formula is C15H27NS. The van der Waals surface area contributed by atoms with Crippen LogP contribution in [0.4, 0.5) is 0 Å². The maximum absolute atomic E-state index is 3.97. The third-order valence-corrected chi connectivity index (χ3v) is 6.90. The molecule has 6 unspecified atom stereocenters. The Bertz CT molecular complexity index is 268. The average molecular weight is 253 g/mol. The van der Waals surface area contributed by atoms with Crippen LogP contribution in [0.15, 0.2) is 0 Å². The molecular weight excluding hydrogens is 226 g/mol. The minimum absolute atomic E-state index is 0.761. The van der Waals surface area contributed by atoms with E-state index in [9.17, 15) is 0 Å².